The van der Waals surface area contributed by atoms with Crippen LogP contribution in [-0.4, -0.2) is 37.0 Å². The minimum Gasteiger partial charge on any atom is -0.449 e. The van der Waals surface area contributed by atoms with E-state index in [1.54, 1.807) is 20.2 Å². The molecule has 1 unspecified atom stereocenters. The van der Waals surface area contributed by atoms with Gasteiger partial charge in [-0.05, 0) is 25.1 Å². The van der Waals surface area contributed by atoms with Crippen molar-refractivity contribution in [2.75, 3.05) is 19.8 Å². The molecule has 0 fully saturated rings. The zero-order valence-corrected chi connectivity index (χ0v) is 11.2. The first-order valence-corrected chi connectivity index (χ1v) is 5.68. The maximum Gasteiger partial charge on any atom is 0.341 e. The summed E-state index contributed by atoms with van der Waals surface area (Å²) in [5.41, 5.74) is 6.06. The van der Waals surface area contributed by atoms with Crippen LogP contribution in [0.2, 0.25) is 5.02 Å². The summed E-state index contributed by atoms with van der Waals surface area (Å²) in [4.78, 5) is 24.7. The third kappa shape index (κ3) is 3.37. The van der Waals surface area contributed by atoms with Gasteiger partial charge in [0.25, 0.3) is 5.91 Å². The lowest BCUT2D eigenvalue weighted by Gasteiger charge is -2.17. The average Bonchev–Trinajstić information content (AvgIpc) is 2.30. The number of ether oxygens (including phenoxy) is 1. The SMILES string of the molecule is CC(OC(=O)c1cc(Cl)ccc1N)C(=O)N(C)C. The number of hydrogen-bond donors (Lipinski definition) is 1. The molecule has 6 heteroatoms. The molecule has 1 rings (SSSR count). The highest BCUT2D eigenvalue weighted by molar-refractivity contribution is 6.31. The van der Waals surface area contributed by atoms with Gasteiger partial charge >= 0.3 is 5.97 Å². The predicted molar refractivity (Wildman–Crippen MR) is 69.4 cm³/mol. The Balaban J connectivity index is 2.83. The molecule has 98 valence electrons. The smallest absolute Gasteiger partial charge is 0.341 e. The number of carbonyl (C=O) groups is 2. The monoisotopic (exact) mass is 270 g/mol. The van der Waals surface area contributed by atoms with Crippen LogP contribution in [0.15, 0.2) is 18.2 Å². The summed E-state index contributed by atoms with van der Waals surface area (Å²) < 4.78 is 5.03. The largest absolute Gasteiger partial charge is 0.449 e. The molecule has 2 N–H and O–H groups in total. The lowest BCUT2D eigenvalue weighted by Crippen LogP contribution is -2.35. The fourth-order valence-electron chi connectivity index (χ4n) is 1.34. The zero-order chi connectivity index (χ0) is 13.9. The number of benzene rings is 1. The Morgan fingerprint density at radius 2 is 2.00 bits per heavy atom. The lowest BCUT2D eigenvalue weighted by atomic mass is 10.2. The van der Waals surface area contributed by atoms with Crippen molar-refractivity contribution in [3.8, 4) is 0 Å². The Kier molecular flexibility index (Phi) is 4.55. The molecule has 1 aromatic carbocycles. The van der Waals surface area contributed by atoms with Gasteiger partial charge in [-0.15, -0.1) is 0 Å². The van der Waals surface area contributed by atoms with Gasteiger partial charge in [-0.2, -0.15) is 0 Å². The van der Waals surface area contributed by atoms with Crippen LogP contribution in [0.3, 0.4) is 0 Å². The van der Waals surface area contributed by atoms with Crippen LogP contribution in [-0.2, 0) is 9.53 Å². The van der Waals surface area contributed by atoms with Crippen molar-refractivity contribution >= 4 is 29.2 Å². The van der Waals surface area contributed by atoms with Crippen molar-refractivity contribution in [2.45, 2.75) is 13.0 Å². The molecule has 18 heavy (non-hydrogen) atoms. The molecule has 0 radical (unpaired) electrons. The molecular formula is C12H15ClN2O3. The molecule has 0 spiro atoms. The van der Waals surface area contributed by atoms with Gasteiger partial charge in [0.15, 0.2) is 6.10 Å². The number of amides is 1. The highest BCUT2D eigenvalue weighted by atomic mass is 35.5. The summed E-state index contributed by atoms with van der Waals surface area (Å²) >= 11 is 5.77. The number of nitrogens with zero attached hydrogens (tertiary/aromatic N) is 1. The number of likely N-dealkylation sites (N-methyl/N-ethyl adjacent to an activating group) is 1. The summed E-state index contributed by atoms with van der Waals surface area (Å²) in [6.45, 7) is 1.50. The van der Waals surface area contributed by atoms with Crippen LogP contribution in [0.1, 0.15) is 17.3 Å². The van der Waals surface area contributed by atoms with E-state index in [0.29, 0.717) is 5.02 Å². The molecule has 0 aromatic heterocycles. The van der Waals surface area contributed by atoms with Crippen LogP contribution in [0.4, 0.5) is 5.69 Å². The first-order chi connectivity index (χ1) is 8.32. The molecule has 1 aromatic rings. The quantitative estimate of drug-likeness (QED) is 0.668. The topological polar surface area (TPSA) is 72.6 Å². The number of rotatable bonds is 3. The Morgan fingerprint density at radius 3 is 2.56 bits per heavy atom. The van der Waals surface area contributed by atoms with Crippen LogP contribution in [0.25, 0.3) is 0 Å². The average molecular weight is 271 g/mol. The maximum atomic E-state index is 11.8. The standard InChI is InChI=1S/C12H15ClN2O3/c1-7(11(16)15(2)3)18-12(17)9-6-8(13)4-5-10(9)14/h4-7H,14H2,1-3H3. The van der Waals surface area contributed by atoms with E-state index in [-0.39, 0.29) is 17.2 Å². The highest BCUT2D eigenvalue weighted by Gasteiger charge is 2.21. The molecule has 0 saturated heterocycles. The summed E-state index contributed by atoms with van der Waals surface area (Å²) in [6.07, 6.45) is -0.870. The van der Waals surface area contributed by atoms with Crippen LogP contribution < -0.4 is 5.73 Å². The van der Waals surface area contributed by atoms with Crippen LogP contribution in [0, 0.1) is 0 Å². The van der Waals surface area contributed by atoms with Gasteiger partial charge in [-0.3, -0.25) is 4.79 Å². The van der Waals surface area contributed by atoms with E-state index in [1.165, 1.54) is 24.0 Å². The Bertz CT molecular complexity index is 474. The first-order valence-electron chi connectivity index (χ1n) is 5.30. The number of hydrogen-bond acceptors (Lipinski definition) is 4. The molecule has 0 heterocycles. The van der Waals surface area contributed by atoms with Gasteiger partial charge in [0, 0.05) is 24.8 Å². The summed E-state index contributed by atoms with van der Waals surface area (Å²) in [5.74, 6) is -0.971. The maximum absolute atomic E-state index is 11.8. The van der Waals surface area contributed by atoms with Crippen molar-refractivity contribution in [1.82, 2.24) is 4.90 Å². The highest BCUT2D eigenvalue weighted by Crippen LogP contribution is 2.19. The van der Waals surface area contributed by atoms with Gasteiger partial charge in [-0.25, -0.2) is 4.79 Å². The number of nitrogen functional groups attached to an aromatic ring is 1. The zero-order valence-electron chi connectivity index (χ0n) is 10.4. The number of carbonyl (C=O) groups excluding carboxylic acids is 2. The van der Waals surface area contributed by atoms with E-state index in [1.807, 2.05) is 0 Å². The molecule has 1 atom stereocenters. The van der Waals surface area contributed by atoms with Crippen molar-refractivity contribution in [3.05, 3.63) is 28.8 Å². The number of nitrogens with two attached hydrogens (primary N) is 1. The second-order valence-corrected chi connectivity index (χ2v) is 4.45. The van der Waals surface area contributed by atoms with Gasteiger partial charge in [0.05, 0.1) is 5.56 Å². The fraction of sp³-hybridized carbons (Fsp3) is 0.333. The summed E-state index contributed by atoms with van der Waals surface area (Å²) in [7, 11) is 3.17. The number of esters is 1. The third-order valence-electron chi connectivity index (χ3n) is 2.31. The summed E-state index contributed by atoms with van der Waals surface area (Å²) in [5, 5.41) is 0.378. The van der Waals surface area contributed by atoms with Crippen molar-refractivity contribution in [1.29, 1.82) is 0 Å². The molecule has 0 aliphatic carbocycles. The molecule has 5 nitrogen and oxygen atoms in total. The first kappa shape index (κ1) is 14.3. The normalized spacial score (nSPS) is 11.8. The van der Waals surface area contributed by atoms with Crippen molar-refractivity contribution in [3.63, 3.8) is 0 Å². The van der Waals surface area contributed by atoms with E-state index in [2.05, 4.69) is 0 Å². The molecule has 0 aliphatic heterocycles. The van der Waals surface area contributed by atoms with Gasteiger partial charge in [0.1, 0.15) is 0 Å². The second-order valence-electron chi connectivity index (χ2n) is 4.01. The Labute approximate surface area is 110 Å². The van der Waals surface area contributed by atoms with E-state index < -0.39 is 12.1 Å². The van der Waals surface area contributed by atoms with E-state index >= 15 is 0 Å². The minimum absolute atomic E-state index is 0.154. The van der Waals surface area contributed by atoms with Gasteiger partial charge in [0.2, 0.25) is 0 Å². The molecular weight excluding hydrogens is 256 g/mol. The second kappa shape index (κ2) is 5.73. The molecule has 0 aliphatic rings. The molecule has 0 bridgehead atoms. The third-order valence-corrected chi connectivity index (χ3v) is 2.54. The number of anilines is 1. The fourth-order valence-corrected chi connectivity index (χ4v) is 1.52. The molecule has 1 amide bonds. The van der Waals surface area contributed by atoms with Crippen LogP contribution >= 0.6 is 11.6 Å². The van der Waals surface area contributed by atoms with Crippen LogP contribution in [0.5, 0.6) is 0 Å². The molecule has 0 saturated carbocycles. The van der Waals surface area contributed by atoms with E-state index in [4.69, 9.17) is 22.1 Å². The van der Waals surface area contributed by atoms with Crippen molar-refractivity contribution in [2.24, 2.45) is 0 Å². The van der Waals surface area contributed by atoms with Crippen molar-refractivity contribution < 1.29 is 14.3 Å². The van der Waals surface area contributed by atoms with Gasteiger partial charge < -0.3 is 15.4 Å². The van der Waals surface area contributed by atoms with E-state index in [9.17, 15) is 9.59 Å². The minimum atomic E-state index is -0.870. The van der Waals surface area contributed by atoms with E-state index in [0.717, 1.165) is 0 Å². The Morgan fingerprint density at radius 1 is 1.39 bits per heavy atom. The summed E-state index contributed by atoms with van der Waals surface area (Å²) in [6, 6.07) is 4.49. The Hall–Kier alpha value is -1.75. The lowest BCUT2D eigenvalue weighted by molar-refractivity contribution is -0.137. The van der Waals surface area contributed by atoms with Gasteiger partial charge in [-0.1, -0.05) is 11.6 Å². The predicted octanol–water partition coefficient (Wildman–Crippen LogP) is 1.56. The number of halogens is 1.